The van der Waals surface area contributed by atoms with Crippen LogP contribution in [0.2, 0.25) is 0 Å². The quantitative estimate of drug-likeness (QED) is 0.890. The summed E-state index contributed by atoms with van der Waals surface area (Å²) in [5.41, 5.74) is 1.14. The Bertz CT molecular complexity index is 580. The van der Waals surface area contributed by atoms with Crippen molar-refractivity contribution in [1.82, 2.24) is 20.3 Å². The molecule has 1 aromatic heterocycles. The normalized spacial score (nSPS) is 14.6. The van der Waals surface area contributed by atoms with E-state index in [9.17, 15) is 4.39 Å². The molecule has 0 amide bonds. The Balaban J connectivity index is 1.80. The third-order valence-electron chi connectivity index (χ3n) is 3.09. The maximum Gasteiger partial charge on any atom is 0.149 e. The average Bonchev–Trinajstić information content (AvgIpc) is 3.15. The minimum absolute atomic E-state index is 0.338. The van der Waals surface area contributed by atoms with E-state index in [1.54, 1.807) is 25.4 Å². The van der Waals surface area contributed by atoms with Crippen molar-refractivity contribution in [3.8, 4) is 11.4 Å². The van der Waals surface area contributed by atoms with Crippen LogP contribution < -0.4 is 10.1 Å². The minimum atomic E-state index is -0.354. The van der Waals surface area contributed by atoms with Crippen LogP contribution in [0.25, 0.3) is 5.69 Å². The number of hydrogen-bond acceptors (Lipinski definition) is 4. The van der Waals surface area contributed by atoms with Crippen LogP contribution in [0.4, 0.5) is 4.39 Å². The molecule has 2 aromatic rings. The topological polar surface area (TPSA) is 52.0 Å². The molecule has 1 heterocycles. The zero-order valence-corrected chi connectivity index (χ0v) is 10.6. The molecule has 6 heteroatoms. The highest BCUT2D eigenvalue weighted by Gasteiger charge is 2.20. The van der Waals surface area contributed by atoms with Gasteiger partial charge in [-0.15, -0.1) is 5.10 Å². The summed E-state index contributed by atoms with van der Waals surface area (Å²) in [6.07, 6.45) is 4.17. The Morgan fingerprint density at radius 1 is 1.47 bits per heavy atom. The van der Waals surface area contributed by atoms with Gasteiger partial charge in [0.25, 0.3) is 0 Å². The van der Waals surface area contributed by atoms with E-state index < -0.39 is 0 Å². The van der Waals surface area contributed by atoms with Crippen LogP contribution in [0.15, 0.2) is 24.4 Å². The monoisotopic (exact) mass is 262 g/mol. The number of nitrogens with zero attached hydrogens (tertiary/aromatic N) is 3. The molecule has 0 radical (unpaired) electrons. The average molecular weight is 262 g/mol. The molecule has 1 aliphatic carbocycles. The third-order valence-corrected chi connectivity index (χ3v) is 3.09. The lowest BCUT2D eigenvalue weighted by atomic mass is 10.3. The zero-order valence-electron chi connectivity index (χ0n) is 10.6. The van der Waals surface area contributed by atoms with E-state index in [4.69, 9.17) is 4.74 Å². The van der Waals surface area contributed by atoms with Gasteiger partial charge < -0.3 is 10.1 Å². The van der Waals surface area contributed by atoms with Crippen molar-refractivity contribution in [3.63, 3.8) is 0 Å². The summed E-state index contributed by atoms with van der Waals surface area (Å²) in [5, 5.41) is 11.3. The minimum Gasteiger partial charge on any atom is -0.497 e. The van der Waals surface area contributed by atoms with Gasteiger partial charge in [0, 0.05) is 18.7 Å². The first-order valence-corrected chi connectivity index (χ1v) is 6.25. The van der Waals surface area contributed by atoms with Gasteiger partial charge in [-0.1, -0.05) is 5.21 Å². The van der Waals surface area contributed by atoms with Crippen molar-refractivity contribution < 1.29 is 9.13 Å². The molecule has 0 spiro atoms. The van der Waals surface area contributed by atoms with E-state index in [2.05, 4.69) is 15.6 Å². The number of methoxy groups -OCH3 is 1. The second kappa shape index (κ2) is 4.97. The standard InChI is InChI=1S/C13H15FN4O/c1-19-11-4-5-12(14)13(6-11)18-8-10(16-17-18)7-15-9-2-3-9/h4-6,8-9,15H,2-3,7H2,1H3. The van der Waals surface area contributed by atoms with Gasteiger partial charge in [-0.2, -0.15) is 0 Å². The van der Waals surface area contributed by atoms with Crippen molar-refractivity contribution in [2.75, 3.05) is 7.11 Å². The predicted molar refractivity (Wildman–Crippen MR) is 67.7 cm³/mol. The first kappa shape index (κ1) is 12.1. The SMILES string of the molecule is COc1ccc(F)c(-n2cc(CNC3CC3)nn2)c1. The van der Waals surface area contributed by atoms with Crippen LogP contribution in [0, 0.1) is 5.82 Å². The van der Waals surface area contributed by atoms with Gasteiger partial charge in [-0.25, -0.2) is 9.07 Å². The fourth-order valence-electron chi connectivity index (χ4n) is 1.83. The molecule has 0 bridgehead atoms. The highest BCUT2D eigenvalue weighted by atomic mass is 19.1. The number of benzene rings is 1. The first-order chi connectivity index (χ1) is 9.26. The van der Waals surface area contributed by atoms with Gasteiger partial charge in [-0.3, -0.25) is 0 Å². The predicted octanol–water partition coefficient (Wildman–Crippen LogP) is 1.67. The summed E-state index contributed by atoms with van der Waals surface area (Å²) in [6.45, 7) is 0.663. The molecule has 1 N–H and O–H groups in total. The number of hydrogen-bond donors (Lipinski definition) is 1. The van der Waals surface area contributed by atoms with Gasteiger partial charge in [0.05, 0.1) is 19.0 Å². The molecule has 1 saturated carbocycles. The lowest BCUT2D eigenvalue weighted by molar-refractivity contribution is 0.413. The molecule has 0 aliphatic heterocycles. The molecule has 0 unspecified atom stereocenters. The maximum atomic E-state index is 13.8. The van der Waals surface area contributed by atoms with Crippen molar-refractivity contribution >= 4 is 0 Å². The highest BCUT2D eigenvalue weighted by Crippen LogP contribution is 2.21. The highest BCUT2D eigenvalue weighted by molar-refractivity contribution is 5.40. The third kappa shape index (κ3) is 2.73. The first-order valence-electron chi connectivity index (χ1n) is 6.25. The molecule has 19 heavy (non-hydrogen) atoms. The number of rotatable bonds is 5. The van der Waals surface area contributed by atoms with E-state index in [-0.39, 0.29) is 5.82 Å². The molecule has 1 fully saturated rings. The summed E-state index contributed by atoms with van der Waals surface area (Å²) in [4.78, 5) is 0. The van der Waals surface area contributed by atoms with Crippen LogP contribution in [-0.2, 0) is 6.54 Å². The zero-order chi connectivity index (χ0) is 13.2. The molecule has 0 atom stereocenters. The Morgan fingerprint density at radius 2 is 2.32 bits per heavy atom. The van der Waals surface area contributed by atoms with E-state index >= 15 is 0 Å². The molecule has 1 aliphatic rings. The van der Waals surface area contributed by atoms with E-state index in [1.165, 1.54) is 23.6 Å². The maximum absolute atomic E-state index is 13.8. The molecule has 0 saturated heterocycles. The Kier molecular flexibility index (Phi) is 3.16. The lowest BCUT2D eigenvalue weighted by Gasteiger charge is -2.05. The van der Waals surface area contributed by atoms with Crippen molar-refractivity contribution in [2.24, 2.45) is 0 Å². The van der Waals surface area contributed by atoms with Gasteiger partial charge in [0.2, 0.25) is 0 Å². The fraction of sp³-hybridized carbons (Fsp3) is 0.385. The van der Waals surface area contributed by atoms with Crippen molar-refractivity contribution in [3.05, 3.63) is 35.9 Å². The second-order valence-corrected chi connectivity index (χ2v) is 4.63. The molecular weight excluding hydrogens is 247 g/mol. The Morgan fingerprint density at radius 3 is 3.05 bits per heavy atom. The second-order valence-electron chi connectivity index (χ2n) is 4.63. The molecular formula is C13H15FN4O. The van der Waals surface area contributed by atoms with E-state index in [0.717, 1.165) is 5.69 Å². The number of ether oxygens (including phenoxy) is 1. The number of halogens is 1. The summed E-state index contributed by atoms with van der Waals surface area (Å²) in [7, 11) is 1.54. The van der Waals surface area contributed by atoms with Gasteiger partial charge in [0.1, 0.15) is 17.3 Å². The van der Waals surface area contributed by atoms with Crippen LogP contribution >= 0.6 is 0 Å². The smallest absolute Gasteiger partial charge is 0.149 e. The Hall–Kier alpha value is -1.95. The molecule has 3 rings (SSSR count). The summed E-state index contributed by atoms with van der Waals surface area (Å²) in [5.74, 6) is 0.233. The number of aromatic nitrogens is 3. The van der Waals surface area contributed by atoms with Crippen LogP contribution in [0.1, 0.15) is 18.5 Å². The van der Waals surface area contributed by atoms with Crippen molar-refractivity contribution in [2.45, 2.75) is 25.4 Å². The summed E-state index contributed by atoms with van der Waals surface area (Å²) >= 11 is 0. The largest absolute Gasteiger partial charge is 0.497 e. The summed E-state index contributed by atoms with van der Waals surface area (Å²) < 4.78 is 20.3. The number of nitrogens with one attached hydrogen (secondary N) is 1. The molecule has 1 aromatic carbocycles. The van der Waals surface area contributed by atoms with Crippen LogP contribution in [0.3, 0.4) is 0 Å². The van der Waals surface area contributed by atoms with Gasteiger partial charge in [-0.05, 0) is 25.0 Å². The van der Waals surface area contributed by atoms with Gasteiger partial charge >= 0.3 is 0 Å². The van der Waals surface area contributed by atoms with Crippen molar-refractivity contribution in [1.29, 1.82) is 0 Å². The fourth-order valence-corrected chi connectivity index (χ4v) is 1.83. The Labute approximate surface area is 110 Å². The lowest BCUT2D eigenvalue weighted by Crippen LogP contribution is -2.15. The summed E-state index contributed by atoms with van der Waals surface area (Å²) in [6, 6.07) is 5.14. The molecule has 100 valence electrons. The van der Waals surface area contributed by atoms with E-state index in [0.29, 0.717) is 24.0 Å². The van der Waals surface area contributed by atoms with Gasteiger partial charge in [0.15, 0.2) is 0 Å². The van der Waals surface area contributed by atoms with Crippen LogP contribution in [0.5, 0.6) is 5.75 Å². The van der Waals surface area contributed by atoms with E-state index in [1.807, 2.05) is 0 Å². The molecule has 5 nitrogen and oxygen atoms in total. The van der Waals surface area contributed by atoms with Crippen LogP contribution in [-0.4, -0.2) is 28.1 Å².